The lowest BCUT2D eigenvalue weighted by Crippen LogP contribution is -2.31. The summed E-state index contributed by atoms with van der Waals surface area (Å²) in [6, 6.07) is 5.27. The average molecular weight is 265 g/mol. The number of hydrogen-bond acceptors (Lipinski definition) is 5. The maximum absolute atomic E-state index is 12.1. The number of hydrogen-bond donors (Lipinski definition) is 2. The van der Waals surface area contributed by atoms with Crippen LogP contribution in [0, 0.1) is 0 Å². The fraction of sp³-hybridized carbons (Fsp3) is 0.300. The number of carbonyl (C=O) groups is 1. The highest BCUT2D eigenvalue weighted by atomic mass is 19.4. The molecule has 0 aliphatic carbocycles. The number of nitrogens with one attached hydrogen (secondary N) is 1. The van der Waals surface area contributed by atoms with Crippen molar-refractivity contribution in [2.75, 3.05) is 5.48 Å². The molecule has 100 valence electrons. The van der Waals surface area contributed by atoms with Gasteiger partial charge in [-0.2, -0.15) is 13.2 Å². The normalized spacial score (nSPS) is 12.7. The zero-order chi connectivity index (χ0) is 13.8. The summed E-state index contributed by atoms with van der Waals surface area (Å²) in [5.74, 6) is -0.00613. The van der Waals surface area contributed by atoms with Gasteiger partial charge >= 0.3 is 12.3 Å². The highest BCUT2D eigenvalue weighted by molar-refractivity contribution is 5.64. The van der Waals surface area contributed by atoms with Crippen LogP contribution >= 0.6 is 0 Å². The third-order valence-corrected chi connectivity index (χ3v) is 1.92. The SMILES string of the molecule is C[C@@H](OC(=O)Oc1ccc(NO)cc1)C(F)(F)F. The van der Waals surface area contributed by atoms with E-state index in [9.17, 15) is 18.0 Å². The summed E-state index contributed by atoms with van der Waals surface area (Å²) in [5, 5.41) is 8.51. The van der Waals surface area contributed by atoms with E-state index >= 15 is 0 Å². The van der Waals surface area contributed by atoms with E-state index in [-0.39, 0.29) is 5.75 Å². The summed E-state index contributed by atoms with van der Waals surface area (Å²) in [7, 11) is 0. The molecule has 0 fully saturated rings. The van der Waals surface area contributed by atoms with Crippen LogP contribution in [0.3, 0.4) is 0 Å². The summed E-state index contributed by atoms with van der Waals surface area (Å²) in [6.07, 6.45) is -8.34. The average Bonchev–Trinajstić information content (AvgIpc) is 2.28. The molecule has 0 aromatic heterocycles. The van der Waals surface area contributed by atoms with E-state index in [2.05, 4.69) is 9.47 Å². The Morgan fingerprint density at radius 2 is 1.89 bits per heavy atom. The Hall–Kier alpha value is -1.96. The van der Waals surface area contributed by atoms with Crippen LogP contribution < -0.4 is 10.2 Å². The molecule has 0 heterocycles. The van der Waals surface area contributed by atoms with Gasteiger partial charge in [0, 0.05) is 0 Å². The second-order valence-corrected chi connectivity index (χ2v) is 3.29. The smallest absolute Gasteiger partial charge is 0.421 e. The third-order valence-electron chi connectivity index (χ3n) is 1.92. The van der Waals surface area contributed by atoms with E-state index in [1.807, 2.05) is 5.48 Å². The molecule has 0 saturated carbocycles. The number of alkyl halides is 3. The van der Waals surface area contributed by atoms with Crippen LogP contribution in [-0.2, 0) is 4.74 Å². The number of ether oxygens (including phenoxy) is 2. The fourth-order valence-electron chi connectivity index (χ4n) is 0.929. The van der Waals surface area contributed by atoms with Crippen molar-refractivity contribution in [1.82, 2.24) is 0 Å². The molecule has 1 atom stereocenters. The van der Waals surface area contributed by atoms with Crippen LogP contribution in [0.5, 0.6) is 5.75 Å². The van der Waals surface area contributed by atoms with Gasteiger partial charge in [-0.25, -0.2) is 4.79 Å². The number of benzene rings is 1. The summed E-state index contributed by atoms with van der Waals surface area (Å²) >= 11 is 0. The molecule has 1 rings (SSSR count). The van der Waals surface area contributed by atoms with Crippen molar-refractivity contribution in [2.24, 2.45) is 0 Å². The highest BCUT2D eigenvalue weighted by Crippen LogP contribution is 2.23. The summed E-state index contributed by atoms with van der Waals surface area (Å²) in [4.78, 5) is 11.0. The van der Waals surface area contributed by atoms with Gasteiger partial charge in [0.25, 0.3) is 0 Å². The number of rotatable bonds is 3. The van der Waals surface area contributed by atoms with Crippen molar-refractivity contribution in [3.63, 3.8) is 0 Å². The van der Waals surface area contributed by atoms with Crippen LogP contribution in [-0.4, -0.2) is 23.6 Å². The third kappa shape index (κ3) is 4.13. The van der Waals surface area contributed by atoms with E-state index in [1.165, 1.54) is 24.3 Å². The molecule has 0 aliphatic rings. The lowest BCUT2D eigenvalue weighted by molar-refractivity contribution is -0.200. The number of anilines is 1. The molecule has 2 N–H and O–H groups in total. The minimum atomic E-state index is -4.64. The lowest BCUT2D eigenvalue weighted by atomic mass is 10.3. The van der Waals surface area contributed by atoms with Crippen molar-refractivity contribution < 1.29 is 32.6 Å². The Kier molecular flexibility index (Phi) is 4.38. The molecule has 0 aliphatic heterocycles. The Bertz CT molecular complexity index is 405. The van der Waals surface area contributed by atoms with Crippen molar-refractivity contribution in [2.45, 2.75) is 19.2 Å². The second kappa shape index (κ2) is 5.58. The van der Waals surface area contributed by atoms with Gasteiger partial charge < -0.3 is 9.47 Å². The molecule has 1 aromatic rings. The van der Waals surface area contributed by atoms with Crippen LogP contribution in [0.15, 0.2) is 24.3 Å². The van der Waals surface area contributed by atoms with Crippen LogP contribution in [0.1, 0.15) is 6.92 Å². The standard InChI is InChI=1S/C10H10F3NO4/c1-6(10(11,12)13)17-9(15)18-8-4-2-7(14-16)3-5-8/h2-6,14,16H,1H3/t6-/m1/s1. The quantitative estimate of drug-likeness (QED) is 0.499. The van der Waals surface area contributed by atoms with Crippen LogP contribution in [0.4, 0.5) is 23.7 Å². The number of carbonyl (C=O) groups excluding carboxylic acids is 1. The molecule has 0 saturated heterocycles. The maximum atomic E-state index is 12.1. The van der Waals surface area contributed by atoms with Gasteiger partial charge in [-0.15, -0.1) is 0 Å². The molecular formula is C10H10F3NO4. The summed E-state index contributed by atoms with van der Waals surface area (Å²) in [6.45, 7) is 0.694. The topological polar surface area (TPSA) is 67.8 Å². The first kappa shape index (κ1) is 14.1. The molecule has 5 nitrogen and oxygen atoms in total. The van der Waals surface area contributed by atoms with Crippen molar-refractivity contribution in [3.8, 4) is 5.75 Å². The summed E-state index contributed by atoms with van der Waals surface area (Å²) < 4.78 is 44.8. The first-order valence-corrected chi connectivity index (χ1v) is 4.78. The molecule has 1 aromatic carbocycles. The first-order chi connectivity index (χ1) is 8.32. The minimum absolute atomic E-state index is 0.00613. The largest absolute Gasteiger partial charge is 0.514 e. The Balaban J connectivity index is 2.54. The van der Waals surface area contributed by atoms with Gasteiger partial charge in [-0.3, -0.25) is 10.7 Å². The maximum Gasteiger partial charge on any atom is 0.514 e. The Labute approximate surface area is 100 Å². The Morgan fingerprint density at radius 3 is 2.33 bits per heavy atom. The molecule has 18 heavy (non-hydrogen) atoms. The first-order valence-electron chi connectivity index (χ1n) is 4.78. The number of halogens is 3. The van der Waals surface area contributed by atoms with Crippen LogP contribution in [0.2, 0.25) is 0 Å². The van der Waals surface area contributed by atoms with E-state index in [1.54, 1.807) is 0 Å². The van der Waals surface area contributed by atoms with E-state index in [0.717, 1.165) is 0 Å². The van der Waals surface area contributed by atoms with Gasteiger partial charge in [-0.05, 0) is 31.2 Å². The van der Waals surface area contributed by atoms with Crippen molar-refractivity contribution >= 4 is 11.8 Å². The summed E-state index contributed by atoms with van der Waals surface area (Å²) in [5.41, 5.74) is 2.17. The monoisotopic (exact) mass is 265 g/mol. The second-order valence-electron chi connectivity index (χ2n) is 3.29. The predicted octanol–water partition coefficient (Wildman–Crippen LogP) is 2.95. The van der Waals surface area contributed by atoms with Gasteiger partial charge in [0.05, 0.1) is 5.69 Å². The zero-order valence-corrected chi connectivity index (χ0v) is 9.19. The van der Waals surface area contributed by atoms with Crippen LogP contribution in [0.25, 0.3) is 0 Å². The minimum Gasteiger partial charge on any atom is -0.421 e. The van der Waals surface area contributed by atoms with E-state index in [0.29, 0.717) is 12.6 Å². The van der Waals surface area contributed by atoms with Gasteiger partial charge in [0.1, 0.15) is 5.75 Å². The highest BCUT2D eigenvalue weighted by Gasteiger charge is 2.39. The zero-order valence-electron chi connectivity index (χ0n) is 9.19. The van der Waals surface area contributed by atoms with Gasteiger partial charge in [0.15, 0.2) is 6.10 Å². The lowest BCUT2D eigenvalue weighted by Gasteiger charge is -2.15. The molecule has 0 radical (unpaired) electrons. The molecule has 0 unspecified atom stereocenters. The van der Waals surface area contributed by atoms with Gasteiger partial charge in [0.2, 0.25) is 0 Å². The van der Waals surface area contributed by atoms with E-state index < -0.39 is 18.4 Å². The van der Waals surface area contributed by atoms with Gasteiger partial charge in [-0.1, -0.05) is 0 Å². The fourth-order valence-corrected chi connectivity index (χ4v) is 0.929. The molecule has 0 spiro atoms. The molecular weight excluding hydrogens is 255 g/mol. The Morgan fingerprint density at radius 1 is 1.33 bits per heavy atom. The van der Waals surface area contributed by atoms with Crippen molar-refractivity contribution in [1.29, 1.82) is 0 Å². The van der Waals surface area contributed by atoms with E-state index in [4.69, 9.17) is 5.21 Å². The molecule has 0 bridgehead atoms. The molecule has 0 amide bonds. The predicted molar refractivity (Wildman–Crippen MR) is 54.5 cm³/mol. The van der Waals surface area contributed by atoms with Crippen molar-refractivity contribution in [3.05, 3.63) is 24.3 Å². The molecule has 8 heteroatoms.